The van der Waals surface area contributed by atoms with Crippen LogP contribution in [0.15, 0.2) is 60.8 Å². The lowest BCUT2D eigenvalue weighted by Crippen LogP contribution is -1.96. The summed E-state index contributed by atoms with van der Waals surface area (Å²) in [4.78, 5) is 10.5. The van der Waals surface area contributed by atoms with Crippen LogP contribution in [0.4, 0.5) is 5.69 Å². The lowest BCUT2D eigenvalue weighted by Gasteiger charge is -2.09. The molecule has 0 saturated heterocycles. The Balaban J connectivity index is 2.06. The number of nitro groups is 1. The third kappa shape index (κ3) is 3.51. The van der Waals surface area contributed by atoms with E-state index in [4.69, 9.17) is 11.6 Å². The van der Waals surface area contributed by atoms with E-state index < -0.39 is 4.92 Å². The van der Waals surface area contributed by atoms with E-state index in [1.165, 1.54) is 12.1 Å². The number of aryl methyl sites for hydroxylation is 1. The minimum absolute atomic E-state index is 0.0515. The molecule has 0 amide bonds. The van der Waals surface area contributed by atoms with Gasteiger partial charge < -0.3 is 4.57 Å². The molecule has 3 rings (SSSR count). The van der Waals surface area contributed by atoms with Crippen molar-refractivity contribution >= 4 is 28.9 Å². The second kappa shape index (κ2) is 7.26. The first-order valence-electron chi connectivity index (χ1n) is 7.80. The van der Waals surface area contributed by atoms with E-state index in [9.17, 15) is 15.4 Å². The number of benzene rings is 2. The van der Waals surface area contributed by atoms with Crippen molar-refractivity contribution in [3.63, 3.8) is 0 Å². The number of nitriles is 1. The molecule has 2 aromatic carbocycles. The second-order valence-electron chi connectivity index (χ2n) is 5.71. The molecule has 6 heteroatoms. The topological polar surface area (TPSA) is 71.9 Å². The number of rotatable bonds is 4. The van der Waals surface area contributed by atoms with Crippen LogP contribution in [0.5, 0.6) is 0 Å². The van der Waals surface area contributed by atoms with Gasteiger partial charge in [0.2, 0.25) is 0 Å². The van der Waals surface area contributed by atoms with Crippen molar-refractivity contribution in [2.75, 3.05) is 0 Å². The molecular formula is C20H14ClN3O2. The largest absolute Gasteiger partial charge is 0.317 e. The van der Waals surface area contributed by atoms with Gasteiger partial charge in [-0.3, -0.25) is 10.1 Å². The highest BCUT2D eigenvalue weighted by Gasteiger charge is 2.10. The van der Waals surface area contributed by atoms with E-state index in [0.29, 0.717) is 16.2 Å². The van der Waals surface area contributed by atoms with Crippen LogP contribution in [0.25, 0.3) is 17.3 Å². The number of hydrogen-bond donors (Lipinski definition) is 0. The van der Waals surface area contributed by atoms with E-state index in [1.807, 2.05) is 48.0 Å². The third-order valence-electron chi connectivity index (χ3n) is 3.99. The maximum Gasteiger partial charge on any atom is 0.270 e. The molecule has 0 radical (unpaired) electrons. The highest BCUT2D eigenvalue weighted by atomic mass is 35.5. The maximum atomic E-state index is 11.0. The van der Waals surface area contributed by atoms with Crippen molar-refractivity contribution in [2.24, 2.45) is 0 Å². The summed E-state index contributed by atoms with van der Waals surface area (Å²) in [6.45, 7) is 1.93. The van der Waals surface area contributed by atoms with Crippen molar-refractivity contribution in [2.45, 2.75) is 6.92 Å². The summed E-state index contributed by atoms with van der Waals surface area (Å²) in [7, 11) is 0. The number of hydrogen-bond acceptors (Lipinski definition) is 3. The SMILES string of the molecule is Cc1ccc(-n2cccc2C=C(C#N)c2cccc([N+](=O)[O-])c2)cc1Cl. The lowest BCUT2D eigenvalue weighted by atomic mass is 10.1. The molecule has 128 valence electrons. The Hall–Kier alpha value is -3.36. The van der Waals surface area contributed by atoms with Gasteiger partial charge in [-0.25, -0.2) is 0 Å². The number of allylic oxidation sites excluding steroid dienone is 1. The van der Waals surface area contributed by atoms with Gasteiger partial charge in [0, 0.05) is 34.7 Å². The summed E-state index contributed by atoms with van der Waals surface area (Å²) in [6, 6.07) is 17.6. The Bertz CT molecular complexity index is 1060. The highest BCUT2D eigenvalue weighted by Crippen LogP contribution is 2.25. The predicted molar refractivity (Wildman–Crippen MR) is 102 cm³/mol. The van der Waals surface area contributed by atoms with Gasteiger partial charge in [-0.1, -0.05) is 29.8 Å². The smallest absolute Gasteiger partial charge is 0.270 e. The normalized spacial score (nSPS) is 11.2. The Labute approximate surface area is 155 Å². The summed E-state index contributed by atoms with van der Waals surface area (Å²) in [5, 5.41) is 21.2. The molecule has 0 saturated carbocycles. The van der Waals surface area contributed by atoms with E-state index in [2.05, 4.69) is 6.07 Å². The number of nitro benzene ring substituents is 1. The molecule has 0 bridgehead atoms. The fourth-order valence-corrected chi connectivity index (χ4v) is 2.77. The fraction of sp³-hybridized carbons (Fsp3) is 0.0500. The van der Waals surface area contributed by atoms with Gasteiger partial charge in [-0.15, -0.1) is 0 Å². The van der Waals surface area contributed by atoms with Crippen LogP contribution in [0.1, 0.15) is 16.8 Å². The highest BCUT2D eigenvalue weighted by molar-refractivity contribution is 6.31. The van der Waals surface area contributed by atoms with Gasteiger partial charge in [0.25, 0.3) is 5.69 Å². The van der Waals surface area contributed by atoms with E-state index in [-0.39, 0.29) is 5.69 Å². The minimum Gasteiger partial charge on any atom is -0.317 e. The predicted octanol–water partition coefficient (Wildman–Crippen LogP) is 5.41. The molecule has 3 aromatic rings. The van der Waals surface area contributed by atoms with E-state index in [0.717, 1.165) is 16.9 Å². The average Bonchev–Trinajstić information content (AvgIpc) is 3.10. The number of halogens is 1. The summed E-state index contributed by atoms with van der Waals surface area (Å²) in [6.07, 6.45) is 3.57. The van der Waals surface area contributed by atoms with Crippen LogP contribution in [0, 0.1) is 28.4 Å². The molecule has 0 aliphatic rings. The molecule has 0 fully saturated rings. The number of aromatic nitrogens is 1. The van der Waals surface area contributed by atoms with E-state index >= 15 is 0 Å². The van der Waals surface area contributed by atoms with Gasteiger partial charge in [0.1, 0.15) is 0 Å². The van der Waals surface area contributed by atoms with Crippen LogP contribution >= 0.6 is 11.6 Å². The molecule has 0 spiro atoms. The van der Waals surface area contributed by atoms with Crippen molar-refractivity contribution in [1.82, 2.24) is 4.57 Å². The fourth-order valence-electron chi connectivity index (χ4n) is 2.59. The average molecular weight is 364 g/mol. The van der Waals surface area contributed by atoms with Crippen molar-refractivity contribution in [1.29, 1.82) is 5.26 Å². The second-order valence-corrected chi connectivity index (χ2v) is 6.12. The summed E-state index contributed by atoms with van der Waals surface area (Å²) in [5.41, 5.74) is 3.41. The molecule has 0 aliphatic heterocycles. The number of non-ortho nitro benzene ring substituents is 1. The Morgan fingerprint density at radius 3 is 2.73 bits per heavy atom. The van der Waals surface area contributed by atoms with Crippen LogP contribution in [0.3, 0.4) is 0 Å². The number of nitrogens with zero attached hydrogens (tertiary/aromatic N) is 3. The van der Waals surface area contributed by atoms with Crippen molar-refractivity contribution in [3.05, 3.63) is 92.8 Å². The zero-order chi connectivity index (χ0) is 18.7. The molecule has 0 aliphatic carbocycles. The van der Waals surface area contributed by atoms with Crippen LogP contribution in [0.2, 0.25) is 5.02 Å². The lowest BCUT2D eigenvalue weighted by molar-refractivity contribution is -0.384. The monoisotopic (exact) mass is 363 g/mol. The van der Waals surface area contributed by atoms with E-state index in [1.54, 1.807) is 18.2 Å². The van der Waals surface area contributed by atoms with Gasteiger partial charge in [0.05, 0.1) is 16.6 Å². The first-order chi connectivity index (χ1) is 12.5. The van der Waals surface area contributed by atoms with Gasteiger partial charge >= 0.3 is 0 Å². The zero-order valence-electron chi connectivity index (χ0n) is 13.9. The molecule has 1 aromatic heterocycles. The maximum absolute atomic E-state index is 11.0. The molecule has 5 nitrogen and oxygen atoms in total. The zero-order valence-corrected chi connectivity index (χ0v) is 14.6. The van der Waals surface area contributed by atoms with Crippen LogP contribution in [-0.2, 0) is 0 Å². The molecule has 26 heavy (non-hydrogen) atoms. The molecule has 0 N–H and O–H groups in total. The first kappa shape index (κ1) is 17.5. The van der Waals surface area contributed by atoms with Crippen LogP contribution in [-0.4, -0.2) is 9.49 Å². The third-order valence-corrected chi connectivity index (χ3v) is 4.40. The molecule has 1 heterocycles. The van der Waals surface area contributed by atoms with Gasteiger partial charge in [0.15, 0.2) is 0 Å². The molecule has 0 unspecified atom stereocenters. The Morgan fingerprint density at radius 1 is 1.23 bits per heavy atom. The minimum atomic E-state index is -0.477. The Kier molecular flexibility index (Phi) is 4.87. The summed E-state index contributed by atoms with van der Waals surface area (Å²) in [5.74, 6) is 0. The molecular weight excluding hydrogens is 350 g/mol. The van der Waals surface area contributed by atoms with Gasteiger partial charge in [-0.05, 0) is 48.4 Å². The van der Waals surface area contributed by atoms with Gasteiger partial charge in [-0.2, -0.15) is 5.26 Å². The first-order valence-corrected chi connectivity index (χ1v) is 8.18. The van der Waals surface area contributed by atoms with Crippen molar-refractivity contribution in [3.8, 4) is 11.8 Å². The Morgan fingerprint density at radius 2 is 2.04 bits per heavy atom. The quantitative estimate of drug-likeness (QED) is 0.353. The summed E-state index contributed by atoms with van der Waals surface area (Å²) < 4.78 is 1.90. The van der Waals surface area contributed by atoms with Crippen LogP contribution < -0.4 is 0 Å². The standard InChI is InChI=1S/C20H14ClN3O2/c1-14-7-8-18(12-20(14)21)23-9-3-6-17(23)11-16(13-22)15-4-2-5-19(10-15)24(25)26/h2-12H,1H3. The summed E-state index contributed by atoms with van der Waals surface area (Å²) >= 11 is 6.21. The molecule has 0 atom stereocenters. The van der Waals surface area contributed by atoms with Crippen molar-refractivity contribution < 1.29 is 4.92 Å².